The van der Waals surface area contributed by atoms with Gasteiger partial charge in [0.25, 0.3) is 0 Å². The van der Waals surface area contributed by atoms with Crippen LogP contribution < -0.4 is 22.1 Å². The Hall–Kier alpha value is -6.56. The highest BCUT2D eigenvalue weighted by Crippen LogP contribution is 2.40. The van der Waals surface area contributed by atoms with Crippen LogP contribution in [0.1, 0.15) is 43.7 Å². The van der Waals surface area contributed by atoms with Crippen LogP contribution in [0.3, 0.4) is 0 Å². The molecule has 0 atom stereocenters. The van der Waals surface area contributed by atoms with E-state index in [0.717, 1.165) is 53.0 Å². The lowest BCUT2D eigenvalue weighted by Crippen LogP contribution is -2.13. The first-order chi connectivity index (χ1) is 25.5. The Morgan fingerprint density at radius 3 is 2.00 bits per heavy atom. The molecule has 0 saturated heterocycles. The summed E-state index contributed by atoms with van der Waals surface area (Å²) in [5, 5.41) is 36.5. The average Bonchev–Trinajstić information content (AvgIpc) is 4.01. The van der Waals surface area contributed by atoms with Gasteiger partial charge in [-0.05, 0) is 73.7 Å². The van der Waals surface area contributed by atoms with Gasteiger partial charge in [-0.2, -0.15) is 10.2 Å². The molecular weight excluding hydrogens is 649 g/mol. The largest absolute Gasteiger partial charge is 0.384 e. The number of amidine groups is 2. The van der Waals surface area contributed by atoms with Crippen molar-refractivity contribution in [3.05, 3.63) is 114 Å². The molecule has 0 unspecified atom stereocenters. The van der Waals surface area contributed by atoms with Gasteiger partial charge < -0.3 is 22.1 Å². The van der Waals surface area contributed by atoms with Crippen LogP contribution in [-0.2, 0) is 0 Å². The van der Waals surface area contributed by atoms with Gasteiger partial charge in [0.05, 0.1) is 11.4 Å². The van der Waals surface area contributed by atoms with Crippen molar-refractivity contribution in [3.63, 3.8) is 0 Å². The average molecular weight is 689 g/mol. The number of unbranched alkanes of at least 4 members (excludes halogenated alkanes) is 1. The van der Waals surface area contributed by atoms with Crippen LogP contribution in [0.25, 0.3) is 21.5 Å². The molecule has 1 aliphatic rings. The van der Waals surface area contributed by atoms with Crippen molar-refractivity contribution in [2.24, 2.45) is 42.8 Å². The van der Waals surface area contributed by atoms with Gasteiger partial charge in [-0.1, -0.05) is 61.9 Å². The minimum atomic E-state index is 0.00106. The summed E-state index contributed by atoms with van der Waals surface area (Å²) in [5.74, 6) is 2.70. The van der Waals surface area contributed by atoms with Crippen molar-refractivity contribution >= 4 is 73.4 Å². The van der Waals surface area contributed by atoms with Crippen molar-refractivity contribution in [1.82, 2.24) is 9.97 Å². The molecule has 12 nitrogen and oxygen atoms in total. The summed E-state index contributed by atoms with van der Waals surface area (Å²) in [4.78, 5) is 14.4. The first-order valence-corrected chi connectivity index (χ1v) is 17.5. The maximum absolute atomic E-state index is 7.65. The fourth-order valence-electron chi connectivity index (χ4n) is 5.67. The number of azo groups is 2. The maximum Gasteiger partial charge on any atom is 0.164 e. The molecule has 0 radical (unpaired) electrons. The zero-order chi connectivity index (χ0) is 35.9. The van der Waals surface area contributed by atoms with Gasteiger partial charge in [0.15, 0.2) is 17.5 Å². The minimum Gasteiger partial charge on any atom is -0.384 e. The number of nitrogens with zero attached hydrogens (tertiary/aromatic N) is 7. The predicted octanol–water partition coefficient (Wildman–Crippen LogP) is 9.97. The highest BCUT2D eigenvalue weighted by atomic mass is 15.2. The molecule has 0 aliphatic heterocycles. The van der Waals surface area contributed by atoms with Gasteiger partial charge in [-0.15, -0.1) is 10.2 Å². The van der Waals surface area contributed by atoms with Crippen molar-refractivity contribution in [2.45, 2.75) is 32.6 Å². The molecule has 0 spiro atoms. The molecule has 7 rings (SSSR count). The molecule has 0 amide bonds. The van der Waals surface area contributed by atoms with Gasteiger partial charge in [0.2, 0.25) is 0 Å². The van der Waals surface area contributed by atoms with Crippen LogP contribution in [0.5, 0.6) is 0 Å². The number of aromatic nitrogens is 2. The van der Waals surface area contributed by atoms with E-state index in [1.54, 1.807) is 24.3 Å². The summed E-state index contributed by atoms with van der Waals surface area (Å²) in [6.45, 7) is 3.75. The molecule has 260 valence electrons. The lowest BCUT2D eigenvalue weighted by molar-refractivity contribution is 0.831. The summed E-state index contributed by atoms with van der Waals surface area (Å²) < 4.78 is 0. The van der Waals surface area contributed by atoms with E-state index >= 15 is 0 Å². The summed E-state index contributed by atoms with van der Waals surface area (Å²) in [6, 6.07) is 30.4. The summed E-state index contributed by atoms with van der Waals surface area (Å²) in [6.07, 6.45) is 6.34. The van der Waals surface area contributed by atoms with E-state index in [1.165, 1.54) is 12.8 Å². The first kappa shape index (κ1) is 33.9. The molecule has 2 aromatic heterocycles. The van der Waals surface area contributed by atoms with Crippen molar-refractivity contribution in [2.75, 3.05) is 23.7 Å². The van der Waals surface area contributed by atoms with E-state index in [1.807, 2.05) is 79.0 Å². The standard InChI is InChI=1S/C40H40N12/c1-2-3-22-44-39-34(31-9-5-4-8-28(31)24-46-39)51-49-30-20-16-27(17-21-30)37(43)47-38-33-11-7-6-10-32(33)35(40(48-38)45-23-25-12-13-25)52-50-29-18-14-26(15-19-29)36(41)42/h4-11,14-21,24-25H,2-3,12-13,22-23H2,1H3,(H3,41,42)(H,44,46)(H3,43,45,47,48). The summed E-state index contributed by atoms with van der Waals surface area (Å²) >= 11 is 0. The lowest BCUT2D eigenvalue weighted by atomic mass is 10.1. The van der Waals surface area contributed by atoms with Crippen LogP contribution in [0.2, 0.25) is 0 Å². The zero-order valence-corrected chi connectivity index (χ0v) is 28.9. The molecule has 4 aromatic carbocycles. The molecule has 12 heteroatoms. The fraction of sp³-hybridized carbons (Fsp3) is 0.200. The second-order valence-electron chi connectivity index (χ2n) is 12.7. The summed E-state index contributed by atoms with van der Waals surface area (Å²) in [5.41, 5.74) is 16.2. The number of anilines is 2. The number of hydrogen-bond donors (Lipinski definition) is 5. The zero-order valence-electron chi connectivity index (χ0n) is 28.9. The van der Waals surface area contributed by atoms with Gasteiger partial charge in [0, 0.05) is 52.0 Å². The Morgan fingerprint density at radius 2 is 1.35 bits per heavy atom. The molecule has 0 bridgehead atoms. The van der Waals surface area contributed by atoms with Crippen LogP contribution in [0, 0.1) is 11.3 Å². The highest BCUT2D eigenvalue weighted by molar-refractivity contribution is 6.06. The number of rotatable bonds is 14. The number of nitrogen functional groups attached to an aromatic ring is 1. The SMILES string of the molecule is CCCCNc1ncc2ccccc2c1N=Nc1ccc(C(N)=Nc2nc(NCC3CC3)c(N=Nc3ccc(C(=N)N)cc3)c3ccccc23)cc1. The van der Waals surface area contributed by atoms with Crippen LogP contribution in [0.15, 0.2) is 129 Å². The molecule has 1 fully saturated rings. The number of benzene rings is 4. The Balaban J connectivity index is 1.18. The lowest BCUT2D eigenvalue weighted by Gasteiger charge is -2.13. The van der Waals surface area contributed by atoms with Crippen LogP contribution in [0.4, 0.5) is 40.2 Å². The Morgan fingerprint density at radius 1 is 0.731 bits per heavy atom. The molecule has 52 heavy (non-hydrogen) atoms. The van der Waals surface area contributed by atoms with E-state index < -0.39 is 0 Å². The quantitative estimate of drug-likeness (QED) is 0.0328. The third-order valence-electron chi connectivity index (χ3n) is 8.81. The monoisotopic (exact) mass is 688 g/mol. The molecule has 1 saturated carbocycles. The number of hydrogen-bond acceptors (Lipinski definition) is 10. The molecule has 6 aromatic rings. The van der Waals surface area contributed by atoms with Crippen LogP contribution in [-0.4, -0.2) is 34.7 Å². The Kier molecular flexibility index (Phi) is 10.1. The molecular formula is C40H40N12. The van der Waals surface area contributed by atoms with Crippen molar-refractivity contribution in [1.29, 1.82) is 5.41 Å². The number of nitrogens with one attached hydrogen (secondary N) is 3. The van der Waals surface area contributed by atoms with E-state index in [-0.39, 0.29) is 5.84 Å². The van der Waals surface area contributed by atoms with Crippen molar-refractivity contribution < 1.29 is 0 Å². The third kappa shape index (κ3) is 7.91. The number of fused-ring (bicyclic) bond motifs is 2. The second-order valence-corrected chi connectivity index (χ2v) is 12.7. The first-order valence-electron chi connectivity index (χ1n) is 17.5. The minimum absolute atomic E-state index is 0.00106. The number of nitrogens with two attached hydrogens (primary N) is 2. The smallest absolute Gasteiger partial charge is 0.164 e. The predicted molar refractivity (Wildman–Crippen MR) is 211 cm³/mol. The Labute approximate surface area is 301 Å². The summed E-state index contributed by atoms with van der Waals surface area (Å²) in [7, 11) is 0. The van der Waals surface area contributed by atoms with E-state index in [2.05, 4.69) is 43.0 Å². The third-order valence-corrected chi connectivity index (χ3v) is 8.81. The van der Waals surface area contributed by atoms with Crippen LogP contribution >= 0.6 is 0 Å². The number of aliphatic imine (C=N–C) groups is 1. The fourth-order valence-corrected chi connectivity index (χ4v) is 5.67. The molecule has 2 heterocycles. The normalized spacial score (nSPS) is 13.4. The maximum atomic E-state index is 7.65. The van der Waals surface area contributed by atoms with Gasteiger partial charge >= 0.3 is 0 Å². The molecule has 1 aliphatic carbocycles. The van der Waals surface area contributed by atoms with Gasteiger partial charge in [-0.3, -0.25) is 5.41 Å². The van der Waals surface area contributed by atoms with E-state index in [9.17, 15) is 0 Å². The van der Waals surface area contributed by atoms with Gasteiger partial charge in [0.1, 0.15) is 23.0 Å². The Bertz CT molecular complexity index is 2310. The number of pyridine rings is 2. The molecule has 7 N–H and O–H groups in total. The highest BCUT2D eigenvalue weighted by Gasteiger charge is 2.22. The van der Waals surface area contributed by atoms with Crippen molar-refractivity contribution in [3.8, 4) is 0 Å². The van der Waals surface area contributed by atoms with E-state index in [4.69, 9.17) is 26.9 Å². The topological polar surface area (TPSA) is 188 Å². The van der Waals surface area contributed by atoms with E-state index in [0.29, 0.717) is 57.5 Å². The second kappa shape index (κ2) is 15.5. The van der Waals surface area contributed by atoms with Gasteiger partial charge in [-0.25, -0.2) is 15.0 Å².